The van der Waals surface area contributed by atoms with Crippen molar-refractivity contribution in [1.82, 2.24) is 0 Å². The van der Waals surface area contributed by atoms with Crippen molar-refractivity contribution in [2.24, 2.45) is 0 Å². The molecule has 0 spiro atoms. The van der Waals surface area contributed by atoms with Gasteiger partial charge in [-0.1, -0.05) is 30.3 Å². The lowest BCUT2D eigenvalue weighted by molar-refractivity contribution is -0.146. The zero-order chi connectivity index (χ0) is 30.1. The van der Waals surface area contributed by atoms with Crippen molar-refractivity contribution in [2.75, 3.05) is 24.7 Å². The number of hydrogen-bond acceptors (Lipinski definition) is 10. The van der Waals surface area contributed by atoms with Crippen LogP contribution in [0.2, 0.25) is 0 Å². The van der Waals surface area contributed by atoms with E-state index in [-0.39, 0.29) is 16.7 Å². The molecule has 0 radical (unpaired) electrons. The maximum atomic E-state index is 12.6. The summed E-state index contributed by atoms with van der Waals surface area (Å²) in [6.07, 6.45) is 2.10. The van der Waals surface area contributed by atoms with E-state index >= 15 is 0 Å². The van der Waals surface area contributed by atoms with E-state index in [1.807, 2.05) is 0 Å². The van der Waals surface area contributed by atoms with Crippen molar-refractivity contribution in [3.63, 3.8) is 0 Å². The minimum atomic E-state index is -4.52. The molecule has 0 unspecified atom stereocenters. The van der Waals surface area contributed by atoms with Gasteiger partial charge in [-0.05, 0) is 47.0 Å². The number of carbonyl (C=O) groups is 4. The van der Waals surface area contributed by atoms with Crippen molar-refractivity contribution in [3.8, 4) is 0 Å². The summed E-state index contributed by atoms with van der Waals surface area (Å²) in [6, 6.07) is 10.7. The molecular formula is C24H22O14S2. The van der Waals surface area contributed by atoms with Crippen LogP contribution in [-0.4, -0.2) is 84.8 Å². The van der Waals surface area contributed by atoms with E-state index in [1.54, 1.807) is 0 Å². The van der Waals surface area contributed by atoms with Gasteiger partial charge in [-0.15, -0.1) is 0 Å². The van der Waals surface area contributed by atoms with Crippen LogP contribution in [0.5, 0.6) is 0 Å². The number of rotatable bonds is 13. The van der Waals surface area contributed by atoms with Gasteiger partial charge in [-0.25, -0.2) is 19.2 Å². The highest BCUT2D eigenvalue weighted by Gasteiger charge is 2.23. The fourth-order valence-corrected chi connectivity index (χ4v) is 3.55. The molecular weight excluding hydrogens is 576 g/mol. The lowest BCUT2D eigenvalue weighted by Gasteiger charge is -2.11. The second kappa shape index (κ2) is 13.6. The molecule has 0 bridgehead atoms. The summed E-state index contributed by atoms with van der Waals surface area (Å²) in [5.74, 6) is -7.19. The Morgan fingerprint density at radius 2 is 0.925 bits per heavy atom. The molecule has 0 aliphatic rings. The van der Waals surface area contributed by atoms with Gasteiger partial charge in [0.1, 0.15) is 30.3 Å². The van der Waals surface area contributed by atoms with Crippen LogP contribution in [0.4, 0.5) is 0 Å². The SMILES string of the molecule is O=C(OCCS(=O)(=O)O)C(=CC=C(c1ccc(C(=O)O)cc1)c1ccc(C(=O)O)cc1)C(=O)OCCS(=O)(=O)O. The zero-order valence-electron chi connectivity index (χ0n) is 20.3. The van der Waals surface area contributed by atoms with E-state index in [0.29, 0.717) is 11.1 Å². The molecule has 4 N–H and O–H groups in total. The van der Waals surface area contributed by atoms with Gasteiger partial charge in [0, 0.05) is 0 Å². The summed E-state index contributed by atoms with van der Waals surface area (Å²) in [4.78, 5) is 47.6. The molecule has 16 heteroatoms. The van der Waals surface area contributed by atoms with Crippen LogP contribution in [0.25, 0.3) is 5.57 Å². The molecule has 0 saturated carbocycles. The molecule has 2 aromatic rings. The van der Waals surface area contributed by atoms with Crippen LogP contribution in [0, 0.1) is 0 Å². The number of carboxylic acids is 2. The Bertz CT molecular complexity index is 1440. The molecule has 0 fully saturated rings. The molecule has 2 aromatic carbocycles. The first-order valence-electron chi connectivity index (χ1n) is 10.9. The first-order chi connectivity index (χ1) is 18.6. The van der Waals surface area contributed by atoms with Crippen molar-refractivity contribution < 1.29 is 64.8 Å². The highest BCUT2D eigenvalue weighted by molar-refractivity contribution is 7.86. The van der Waals surface area contributed by atoms with Gasteiger partial charge in [0.25, 0.3) is 20.2 Å². The van der Waals surface area contributed by atoms with Gasteiger partial charge in [-0.3, -0.25) is 9.11 Å². The van der Waals surface area contributed by atoms with Gasteiger partial charge >= 0.3 is 23.9 Å². The minimum Gasteiger partial charge on any atom is -0.478 e. The van der Waals surface area contributed by atoms with Gasteiger partial charge in [0.05, 0.1) is 11.1 Å². The lowest BCUT2D eigenvalue weighted by Crippen LogP contribution is -2.23. The first kappa shape index (κ1) is 31.8. The second-order valence-electron chi connectivity index (χ2n) is 7.77. The average Bonchev–Trinajstić information content (AvgIpc) is 2.85. The highest BCUT2D eigenvalue weighted by atomic mass is 32.2. The van der Waals surface area contributed by atoms with Gasteiger partial charge in [0.15, 0.2) is 0 Å². The van der Waals surface area contributed by atoms with Crippen LogP contribution in [-0.2, 0) is 39.3 Å². The Hall–Kier alpha value is -4.38. The van der Waals surface area contributed by atoms with Crippen molar-refractivity contribution in [1.29, 1.82) is 0 Å². The molecule has 0 heterocycles. The molecule has 0 atom stereocenters. The maximum Gasteiger partial charge on any atom is 0.345 e. The Morgan fingerprint density at radius 3 is 1.23 bits per heavy atom. The van der Waals surface area contributed by atoms with Crippen molar-refractivity contribution in [3.05, 3.63) is 88.5 Å². The Kier molecular flexibility index (Phi) is 10.8. The predicted octanol–water partition coefficient (Wildman–Crippen LogP) is 1.30. The van der Waals surface area contributed by atoms with Gasteiger partial charge < -0.3 is 19.7 Å². The first-order valence-corrected chi connectivity index (χ1v) is 14.1. The normalized spacial score (nSPS) is 11.2. The van der Waals surface area contributed by atoms with E-state index in [4.69, 9.17) is 28.8 Å². The molecule has 2 rings (SSSR count). The average molecular weight is 599 g/mol. The topological polar surface area (TPSA) is 236 Å². The monoisotopic (exact) mass is 598 g/mol. The summed E-state index contributed by atoms with van der Waals surface area (Å²) < 4.78 is 70.7. The number of hydrogen-bond donors (Lipinski definition) is 4. The van der Waals surface area contributed by atoms with Crippen LogP contribution < -0.4 is 0 Å². The van der Waals surface area contributed by atoms with Crippen molar-refractivity contribution >= 4 is 49.7 Å². The Balaban J connectivity index is 2.56. The second-order valence-corrected chi connectivity index (χ2v) is 10.9. The highest BCUT2D eigenvalue weighted by Crippen LogP contribution is 2.25. The maximum absolute atomic E-state index is 12.6. The zero-order valence-corrected chi connectivity index (χ0v) is 21.9. The van der Waals surface area contributed by atoms with E-state index < -0.39 is 74.4 Å². The molecule has 214 valence electrons. The number of esters is 2. The largest absolute Gasteiger partial charge is 0.478 e. The predicted molar refractivity (Wildman–Crippen MR) is 137 cm³/mol. The fourth-order valence-electron chi connectivity index (χ4n) is 2.96. The van der Waals surface area contributed by atoms with E-state index in [1.165, 1.54) is 54.6 Å². The van der Waals surface area contributed by atoms with E-state index in [0.717, 1.165) is 6.08 Å². The lowest BCUT2D eigenvalue weighted by atomic mass is 9.95. The van der Waals surface area contributed by atoms with E-state index in [2.05, 4.69) is 0 Å². The smallest absolute Gasteiger partial charge is 0.345 e. The number of carbonyl (C=O) groups excluding carboxylic acids is 2. The number of carboxylic acid groups (broad SMARTS) is 2. The Morgan fingerprint density at radius 1 is 0.600 bits per heavy atom. The number of aromatic carboxylic acids is 2. The summed E-state index contributed by atoms with van der Waals surface area (Å²) >= 11 is 0. The Labute approximate surface area is 227 Å². The molecule has 14 nitrogen and oxygen atoms in total. The van der Waals surface area contributed by atoms with Gasteiger partial charge in [-0.2, -0.15) is 16.8 Å². The minimum absolute atomic E-state index is 0.0506. The summed E-state index contributed by atoms with van der Waals surface area (Å²) in [5, 5.41) is 18.3. The number of allylic oxidation sites excluding steroid dienone is 2. The molecule has 0 amide bonds. The summed E-state index contributed by atoms with van der Waals surface area (Å²) in [5.41, 5.74) is 0.0393. The van der Waals surface area contributed by atoms with Crippen LogP contribution in [0.1, 0.15) is 31.8 Å². The van der Waals surface area contributed by atoms with Crippen LogP contribution >= 0.6 is 0 Å². The third-order valence-electron chi connectivity index (χ3n) is 4.89. The number of benzene rings is 2. The third kappa shape index (κ3) is 10.4. The number of ether oxygens (including phenoxy) is 2. The molecule has 0 aliphatic heterocycles. The summed E-state index contributed by atoms with van der Waals surface area (Å²) in [6.45, 7) is -1.70. The fraction of sp³-hybridized carbons (Fsp3) is 0.167. The van der Waals surface area contributed by atoms with E-state index in [9.17, 15) is 36.0 Å². The molecule has 0 saturated heterocycles. The summed E-state index contributed by atoms with van der Waals surface area (Å²) in [7, 11) is -9.03. The van der Waals surface area contributed by atoms with Crippen LogP contribution in [0.15, 0.2) is 66.3 Å². The molecule has 0 aromatic heterocycles. The van der Waals surface area contributed by atoms with Crippen LogP contribution in [0.3, 0.4) is 0 Å². The van der Waals surface area contributed by atoms with Crippen molar-refractivity contribution in [2.45, 2.75) is 0 Å². The van der Waals surface area contributed by atoms with Gasteiger partial charge in [0.2, 0.25) is 0 Å². The quantitative estimate of drug-likeness (QED) is 0.0635. The standard InChI is InChI=1S/C24H22O14S2/c25-21(26)17-5-1-15(2-6-17)19(16-3-7-18(8-4-16)22(27)28)9-10-20(23(29)37-11-13-39(31,32)33)24(30)38-12-14-40(34,35)36/h1-10H,11-14H2,(H,25,26)(H,27,28)(H,31,32,33)(H,34,35,36). The third-order valence-corrected chi connectivity index (χ3v) is 6.26. The molecule has 0 aliphatic carbocycles. The molecule has 40 heavy (non-hydrogen) atoms.